The Morgan fingerprint density at radius 1 is 0.975 bits per heavy atom. The van der Waals surface area contributed by atoms with E-state index in [1.54, 1.807) is 25.1 Å². The monoisotopic (exact) mass is 566 g/mol. The molecular formula is C29H34N4O6S. The van der Waals surface area contributed by atoms with Gasteiger partial charge in [0.15, 0.2) is 0 Å². The number of nitro groups is 1. The maximum Gasteiger partial charge on any atom is 0.271 e. The zero-order chi connectivity index (χ0) is 29.3. The van der Waals surface area contributed by atoms with Gasteiger partial charge in [0.05, 0.1) is 15.5 Å². The standard InChI is InChI=1S/C29H34N4O6S/c1-4-17-30-29(35)27(5-2)31(20-23-12-9-11-22(3)18-23)28(34)21-32(24-13-10-14-25(19-24)33(36)37)40(38,39)26-15-7-6-8-16-26/h6-16,18-19,27H,4-5,17,20-21H2,1-3H3,(H,30,35)/t27-/m1/s1. The van der Waals surface area contributed by atoms with Crippen LogP contribution in [0.2, 0.25) is 0 Å². The normalized spacial score (nSPS) is 11.9. The molecule has 0 bridgehead atoms. The number of sulfonamides is 1. The van der Waals surface area contributed by atoms with Crippen molar-refractivity contribution < 1.29 is 22.9 Å². The molecule has 3 rings (SSSR count). The number of carbonyl (C=O) groups is 2. The fourth-order valence-electron chi connectivity index (χ4n) is 4.30. The van der Waals surface area contributed by atoms with Crippen molar-refractivity contribution in [2.45, 2.75) is 51.1 Å². The van der Waals surface area contributed by atoms with Crippen LogP contribution in [0.5, 0.6) is 0 Å². The van der Waals surface area contributed by atoms with Crippen molar-refractivity contribution in [2.24, 2.45) is 0 Å². The first-order chi connectivity index (χ1) is 19.1. The number of amides is 2. The molecule has 0 unspecified atom stereocenters. The molecule has 1 N–H and O–H groups in total. The minimum atomic E-state index is -4.31. The third-order valence-corrected chi connectivity index (χ3v) is 8.10. The molecule has 0 saturated heterocycles. The summed E-state index contributed by atoms with van der Waals surface area (Å²) in [7, 11) is -4.31. The summed E-state index contributed by atoms with van der Waals surface area (Å²) in [5.41, 5.74) is 1.40. The van der Waals surface area contributed by atoms with Gasteiger partial charge >= 0.3 is 0 Å². The van der Waals surface area contributed by atoms with Crippen LogP contribution >= 0.6 is 0 Å². The Balaban J connectivity index is 2.08. The smallest absolute Gasteiger partial charge is 0.271 e. The van der Waals surface area contributed by atoms with Crippen molar-refractivity contribution in [3.63, 3.8) is 0 Å². The predicted molar refractivity (Wildman–Crippen MR) is 153 cm³/mol. The number of nitrogens with one attached hydrogen (secondary N) is 1. The molecule has 3 aromatic rings. The van der Waals surface area contributed by atoms with Crippen LogP contribution in [0.15, 0.2) is 83.8 Å². The molecule has 0 aromatic heterocycles. The Labute approximate surface area is 234 Å². The van der Waals surface area contributed by atoms with Gasteiger partial charge in [-0.15, -0.1) is 0 Å². The molecule has 0 fully saturated rings. The topological polar surface area (TPSA) is 130 Å². The van der Waals surface area contributed by atoms with Crippen molar-refractivity contribution in [1.29, 1.82) is 0 Å². The second-order valence-corrected chi connectivity index (χ2v) is 11.2. The van der Waals surface area contributed by atoms with Gasteiger partial charge in [-0.2, -0.15) is 0 Å². The third kappa shape index (κ3) is 7.44. The van der Waals surface area contributed by atoms with Gasteiger partial charge in [-0.05, 0) is 43.5 Å². The van der Waals surface area contributed by atoms with E-state index in [4.69, 9.17) is 0 Å². The number of benzene rings is 3. The van der Waals surface area contributed by atoms with E-state index in [0.717, 1.165) is 21.5 Å². The van der Waals surface area contributed by atoms with E-state index in [1.165, 1.54) is 35.2 Å². The van der Waals surface area contributed by atoms with Crippen LogP contribution < -0.4 is 9.62 Å². The van der Waals surface area contributed by atoms with E-state index < -0.39 is 33.4 Å². The number of aryl methyl sites for hydroxylation is 1. The summed E-state index contributed by atoms with van der Waals surface area (Å²) in [6.07, 6.45) is 1.01. The highest BCUT2D eigenvalue weighted by atomic mass is 32.2. The Morgan fingerprint density at radius 2 is 1.68 bits per heavy atom. The minimum Gasteiger partial charge on any atom is -0.354 e. The molecule has 0 saturated carbocycles. The highest BCUT2D eigenvalue weighted by molar-refractivity contribution is 7.92. The number of carbonyl (C=O) groups excluding carboxylic acids is 2. The summed E-state index contributed by atoms with van der Waals surface area (Å²) in [5.74, 6) is -0.954. The third-order valence-electron chi connectivity index (χ3n) is 6.31. The summed E-state index contributed by atoms with van der Waals surface area (Å²) in [4.78, 5) is 39.3. The van der Waals surface area contributed by atoms with Crippen molar-refractivity contribution in [1.82, 2.24) is 10.2 Å². The molecular weight excluding hydrogens is 532 g/mol. The number of non-ortho nitro benzene ring substituents is 1. The van der Waals surface area contributed by atoms with Gasteiger partial charge in [0.25, 0.3) is 15.7 Å². The number of rotatable bonds is 13. The average molecular weight is 567 g/mol. The Morgan fingerprint density at radius 3 is 2.30 bits per heavy atom. The molecule has 40 heavy (non-hydrogen) atoms. The van der Waals surface area contributed by atoms with E-state index in [0.29, 0.717) is 19.4 Å². The number of nitrogens with zero attached hydrogens (tertiary/aromatic N) is 3. The molecule has 0 spiro atoms. The molecule has 212 valence electrons. The number of hydrogen-bond donors (Lipinski definition) is 1. The average Bonchev–Trinajstić information content (AvgIpc) is 2.95. The molecule has 0 radical (unpaired) electrons. The molecule has 3 aromatic carbocycles. The molecule has 0 heterocycles. The first-order valence-corrected chi connectivity index (χ1v) is 14.5. The number of anilines is 1. The number of nitro benzene ring substituents is 1. The Kier molecular flexibility index (Phi) is 10.4. The molecule has 11 heteroatoms. The summed E-state index contributed by atoms with van der Waals surface area (Å²) in [6.45, 7) is 5.46. The lowest BCUT2D eigenvalue weighted by Crippen LogP contribution is -2.52. The molecule has 0 aliphatic rings. The minimum absolute atomic E-state index is 0.0367. The van der Waals surface area contributed by atoms with Gasteiger partial charge in [-0.3, -0.25) is 24.0 Å². The lowest BCUT2D eigenvalue weighted by molar-refractivity contribution is -0.384. The van der Waals surface area contributed by atoms with Crippen LogP contribution in [0.3, 0.4) is 0 Å². The lowest BCUT2D eigenvalue weighted by Gasteiger charge is -2.33. The van der Waals surface area contributed by atoms with Crippen molar-refractivity contribution in [3.05, 3.63) is 100 Å². The van der Waals surface area contributed by atoms with Gasteiger partial charge in [-0.25, -0.2) is 8.42 Å². The zero-order valence-corrected chi connectivity index (χ0v) is 23.6. The van der Waals surface area contributed by atoms with Crippen LogP contribution in [-0.2, 0) is 26.2 Å². The van der Waals surface area contributed by atoms with Gasteiger partial charge in [-0.1, -0.05) is 67.9 Å². The summed E-state index contributed by atoms with van der Waals surface area (Å²) >= 11 is 0. The lowest BCUT2D eigenvalue weighted by atomic mass is 10.1. The highest BCUT2D eigenvalue weighted by Crippen LogP contribution is 2.27. The van der Waals surface area contributed by atoms with Crippen LogP contribution in [0.1, 0.15) is 37.8 Å². The predicted octanol–water partition coefficient (Wildman–Crippen LogP) is 4.43. The quantitative estimate of drug-likeness (QED) is 0.241. The van der Waals surface area contributed by atoms with E-state index in [9.17, 15) is 28.1 Å². The van der Waals surface area contributed by atoms with E-state index in [-0.39, 0.29) is 28.7 Å². The second-order valence-electron chi connectivity index (χ2n) is 9.33. The van der Waals surface area contributed by atoms with Crippen LogP contribution in [0, 0.1) is 17.0 Å². The van der Waals surface area contributed by atoms with Crippen LogP contribution in [0.25, 0.3) is 0 Å². The van der Waals surface area contributed by atoms with Crippen LogP contribution in [0.4, 0.5) is 11.4 Å². The largest absolute Gasteiger partial charge is 0.354 e. The van der Waals surface area contributed by atoms with E-state index in [2.05, 4.69) is 5.32 Å². The summed E-state index contributed by atoms with van der Waals surface area (Å²) in [6, 6.07) is 19.3. The van der Waals surface area contributed by atoms with Gasteiger partial charge in [0.2, 0.25) is 11.8 Å². The summed E-state index contributed by atoms with van der Waals surface area (Å²) in [5, 5.41) is 14.3. The molecule has 0 aliphatic heterocycles. The van der Waals surface area contributed by atoms with Gasteiger partial charge in [0.1, 0.15) is 12.6 Å². The first-order valence-electron chi connectivity index (χ1n) is 13.0. The highest BCUT2D eigenvalue weighted by Gasteiger charge is 2.34. The Hall–Kier alpha value is -4.25. The SMILES string of the molecule is CCCNC(=O)[C@@H](CC)N(Cc1cccc(C)c1)C(=O)CN(c1cccc([N+](=O)[O-])c1)S(=O)(=O)c1ccccc1. The fourth-order valence-corrected chi connectivity index (χ4v) is 5.73. The Bertz CT molecular complexity index is 1450. The zero-order valence-electron chi connectivity index (χ0n) is 22.8. The molecule has 10 nitrogen and oxygen atoms in total. The van der Waals surface area contributed by atoms with Crippen molar-refractivity contribution >= 4 is 33.2 Å². The van der Waals surface area contributed by atoms with E-state index in [1.807, 2.05) is 38.1 Å². The van der Waals surface area contributed by atoms with Crippen molar-refractivity contribution in [2.75, 3.05) is 17.4 Å². The second kappa shape index (κ2) is 13.7. The maximum absolute atomic E-state index is 14.0. The summed E-state index contributed by atoms with van der Waals surface area (Å²) < 4.78 is 28.5. The fraction of sp³-hybridized carbons (Fsp3) is 0.310. The number of hydrogen-bond acceptors (Lipinski definition) is 6. The van der Waals surface area contributed by atoms with E-state index >= 15 is 0 Å². The first kappa shape index (κ1) is 30.3. The maximum atomic E-state index is 14.0. The molecule has 0 aliphatic carbocycles. The van der Waals surface area contributed by atoms with Gasteiger partial charge < -0.3 is 10.2 Å². The van der Waals surface area contributed by atoms with Crippen LogP contribution in [-0.4, -0.2) is 49.2 Å². The molecule has 2 amide bonds. The van der Waals surface area contributed by atoms with Crippen molar-refractivity contribution in [3.8, 4) is 0 Å². The molecule has 1 atom stereocenters. The van der Waals surface area contributed by atoms with Gasteiger partial charge in [0, 0.05) is 25.2 Å².